The molecule has 2 aromatic heterocycles. The molecule has 0 atom stereocenters. The number of H-pyrrole nitrogens is 1. The maximum Gasteiger partial charge on any atom is 0.260 e. The lowest BCUT2D eigenvalue weighted by Crippen LogP contribution is -2.23. The average Bonchev–Trinajstić information content (AvgIpc) is 3.28. The van der Waals surface area contributed by atoms with E-state index in [1.807, 2.05) is 71.4 Å². The number of hydrazone groups is 1. The second kappa shape index (κ2) is 6.70. The average molecular weight is 366 g/mol. The van der Waals surface area contributed by atoms with Crippen molar-refractivity contribution in [1.82, 2.24) is 15.0 Å². The maximum atomic E-state index is 12.5. The molecular weight excluding hydrogens is 348 g/mol. The molecule has 2 heterocycles. The number of amides is 1. The van der Waals surface area contributed by atoms with Gasteiger partial charge in [0, 0.05) is 44.5 Å². The summed E-state index contributed by atoms with van der Waals surface area (Å²) in [5.74, 6) is -0.164. The zero-order chi connectivity index (χ0) is 18.9. The van der Waals surface area contributed by atoms with Crippen LogP contribution in [0.25, 0.3) is 32.7 Å². The summed E-state index contributed by atoms with van der Waals surface area (Å²) in [6.07, 6.45) is 3.55. The van der Waals surface area contributed by atoms with Crippen molar-refractivity contribution in [3.8, 4) is 0 Å². The van der Waals surface area contributed by atoms with E-state index in [2.05, 4.69) is 27.6 Å². The van der Waals surface area contributed by atoms with Gasteiger partial charge in [0.1, 0.15) is 6.54 Å². The highest BCUT2D eigenvalue weighted by molar-refractivity contribution is 6.08. The Balaban J connectivity index is 1.40. The molecule has 5 heteroatoms. The molecule has 28 heavy (non-hydrogen) atoms. The van der Waals surface area contributed by atoms with E-state index in [0.29, 0.717) is 0 Å². The Morgan fingerprint density at radius 3 is 2.21 bits per heavy atom. The molecule has 0 spiro atoms. The van der Waals surface area contributed by atoms with Gasteiger partial charge in [-0.2, -0.15) is 5.10 Å². The van der Waals surface area contributed by atoms with Crippen molar-refractivity contribution in [3.63, 3.8) is 0 Å². The molecule has 0 saturated heterocycles. The molecule has 2 N–H and O–H groups in total. The second-order valence-electron chi connectivity index (χ2n) is 6.70. The Bertz CT molecular complexity index is 1290. The normalized spacial score (nSPS) is 11.7. The summed E-state index contributed by atoms with van der Waals surface area (Å²) in [5.41, 5.74) is 6.71. The van der Waals surface area contributed by atoms with Gasteiger partial charge >= 0.3 is 0 Å². The predicted molar refractivity (Wildman–Crippen MR) is 113 cm³/mol. The van der Waals surface area contributed by atoms with Crippen LogP contribution in [-0.4, -0.2) is 21.7 Å². The minimum absolute atomic E-state index is 0.164. The Kier molecular flexibility index (Phi) is 3.91. The third kappa shape index (κ3) is 2.74. The summed E-state index contributed by atoms with van der Waals surface area (Å²) in [5, 5.41) is 7.51. The van der Waals surface area contributed by atoms with Crippen LogP contribution < -0.4 is 5.43 Å². The Labute approximate surface area is 161 Å². The number of benzene rings is 3. The fraction of sp³-hybridized carbons (Fsp3) is 0.0435. The Morgan fingerprint density at radius 2 is 1.50 bits per heavy atom. The number of hydrogen-bond donors (Lipinski definition) is 2. The van der Waals surface area contributed by atoms with Crippen molar-refractivity contribution < 1.29 is 4.79 Å². The van der Waals surface area contributed by atoms with Gasteiger partial charge in [0.05, 0.1) is 6.21 Å². The SMILES string of the molecule is O=C(Cn1c2ccccc2c2ccccc21)NN=Cc1c[nH]c2ccccc12. The summed E-state index contributed by atoms with van der Waals surface area (Å²) in [6.45, 7) is 0.208. The molecule has 1 amide bonds. The van der Waals surface area contributed by atoms with E-state index in [0.717, 1.165) is 38.3 Å². The van der Waals surface area contributed by atoms with Crippen molar-refractivity contribution in [2.24, 2.45) is 5.10 Å². The number of para-hydroxylation sites is 3. The van der Waals surface area contributed by atoms with E-state index in [1.165, 1.54) is 0 Å². The predicted octanol–water partition coefficient (Wildman–Crippen LogP) is 4.43. The number of rotatable bonds is 4. The van der Waals surface area contributed by atoms with E-state index in [1.54, 1.807) is 6.21 Å². The molecule has 0 aliphatic carbocycles. The monoisotopic (exact) mass is 366 g/mol. The van der Waals surface area contributed by atoms with E-state index >= 15 is 0 Å². The minimum atomic E-state index is -0.164. The van der Waals surface area contributed by atoms with Crippen LogP contribution in [0.2, 0.25) is 0 Å². The number of fused-ring (bicyclic) bond motifs is 4. The molecule has 136 valence electrons. The molecule has 5 aromatic rings. The summed E-state index contributed by atoms with van der Waals surface area (Å²) < 4.78 is 2.03. The van der Waals surface area contributed by atoms with Crippen LogP contribution >= 0.6 is 0 Å². The van der Waals surface area contributed by atoms with Gasteiger partial charge in [-0.25, -0.2) is 5.43 Å². The Hall–Kier alpha value is -3.86. The van der Waals surface area contributed by atoms with Crippen LogP contribution in [-0.2, 0) is 11.3 Å². The van der Waals surface area contributed by atoms with Crippen molar-refractivity contribution >= 4 is 44.8 Å². The van der Waals surface area contributed by atoms with E-state index in [9.17, 15) is 4.79 Å². The first kappa shape index (κ1) is 16.3. The largest absolute Gasteiger partial charge is 0.361 e. The van der Waals surface area contributed by atoms with E-state index in [-0.39, 0.29) is 12.5 Å². The van der Waals surface area contributed by atoms with Gasteiger partial charge < -0.3 is 9.55 Å². The summed E-state index contributed by atoms with van der Waals surface area (Å²) >= 11 is 0. The van der Waals surface area contributed by atoms with E-state index in [4.69, 9.17) is 0 Å². The summed E-state index contributed by atoms with van der Waals surface area (Å²) in [4.78, 5) is 15.7. The van der Waals surface area contributed by atoms with Crippen LogP contribution in [0.3, 0.4) is 0 Å². The fourth-order valence-corrected chi connectivity index (χ4v) is 3.73. The molecule has 0 aliphatic heterocycles. The molecule has 5 nitrogen and oxygen atoms in total. The van der Waals surface area contributed by atoms with Gasteiger partial charge in [0.25, 0.3) is 5.91 Å². The lowest BCUT2D eigenvalue weighted by molar-refractivity contribution is -0.121. The molecule has 0 fully saturated rings. The molecule has 0 saturated carbocycles. The summed E-state index contributed by atoms with van der Waals surface area (Å²) in [7, 11) is 0. The summed E-state index contributed by atoms with van der Waals surface area (Å²) in [6, 6.07) is 24.3. The third-order valence-electron chi connectivity index (χ3n) is 5.00. The number of aromatic amines is 1. The molecule has 0 radical (unpaired) electrons. The van der Waals surface area contributed by atoms with Crippen LogP contribution in [0.4, 0.5) is 0 Å². The van der Waals surface area contributed by atoms with Crippen LogP contribution in [0.15, 0.2) is 84.1 Å². The molecule has 0 aliphatic rings. The molecule has 0 unspecified atom stereocenters. The van der Waals surface area contributed by atoms with Gasteiger partial charge in [-0.05, 0) is 18.2 Å². The first-order valence-corrected chi connectivity index (χ1v) is 9.15. The number of nitrogens with one attached hydrogen (secondary N) is 2. The van der Waals surface area contributed by atoms with E-state index < -0.39 is 0 Å². The molecule has 0 bridgehead atoms. The number of hydrogen-bond acceptors (Lipinski definition) is 2. The van der Waals surface area contributed by atoms with Gasteiger partial charge in [0.2, 0.25) is 0 Å². The van der Waals surface area contributed by atoms with Gasteiger partial charge in [0.15, 0.2) is 0 Å². The maximum absolute atomic E-state index is 12.5. The minimum Gasteiger partial charge on any atom is -0.361 e. The quantitative estimate of drug-likeness (QED) is 0.359. The Morgan fingerprint density at radius 1 is 0.893 bits per heavy atom. The number of carbonyl (C=O) groups is 1. The van der Waals surface area contributed by atoms with Crippen molar-refractivity contribution in [3.05, 3.63) is 84.6 Å². The van der Waals surface area contributed by atoms with Crippen molar-refractivity contribution in [2.45, 2.75) is 6.54 Å². The number of aromatic nitrogens is 2. The number of nitrogens with zero attached hydrogens (tertiary/aromatic N) is 2. The molecule has 5 rings (SSSR count). The highest BCUT2D eigenvalue weighted by atomic mass is 16.2. The standard InChI is InChI=1S/C23H18N4O/c28-23(26-25-14-16-13-24-20-10-4-1-7-17(16)20)15-27-21-11-5-2-8-18(21)19-9-3-6-12-22(19)27/h1-14,24H,15H2,(H,26,28). The van der Waals surface area contributed by atoms with Gasteiger partial charge in [-0.3, -0.25) is 4.79 Å². The third-order valence-corrected chi connectivity index (χ3v) is 5.00. The second-order valence-corrected chi connectivity index (χ2v) is 6.70. The van der Waals surface area contributed by atoms with Crippen LogP contribution in [0.5, 0.6) is 0 Å². The molecule has 3 aromatic carbocycles. The van der Waals surface area contributed by atoms with Gasteiger partial charge in [-0.1, -0.05) is 54.6 Å². The topological polar surface area (TPSA) is 62.2 Å². The van der Waals surface area contributed by atoms with Gasteiger partial charge in [-0.15, -0.1) is 0 Å². The number of carbonyl (C=O) groups excluding carboxylic acids is 1. The fourth-order valence-electron chi connectivity index (χ4n) is 3.73. The van der Waals surface area contributed by atoms with Crippen molar-refractivity contribution in [1.29, 1.82) is 0 Å². The lowest BCUT2D eigenvalue weighted by atomic mass is 10.2. The highest BCUT2D eigenvalue weighted by Crippen LogP contribution is 2.28. The lowest BCUT2D eigenvalue weighted by Gasteiger charge is -2.06. The zero-order valence-electron chi connectivity index (χ0n) is 15.1. The van der Waals surface area contributed by atoms with Crippen molar-refractivity contribution in [2.75, 3.05) is 0 Å². The smallest absolute Gasteiger partial charge is 0.260 e. The van der Waals surface area contributed by atoms with Crippen LogP contribution in [0, 0.1) is 0 Å². The van der Waals surface area contributed by atoms with Crippen LogP contribution in [0.1, 0.15) is 5.56 Å². The first-order valence-electron chi connectivity index (χ1n) is 9.15. The first-order chi connectivity index (χ1) is 13.8. The zero-order valence-corrected chi connectivity index (χ0v) is 15.1. The molecular formula is C23H18N4O. The highest BCUT2D eigenvalue weighted by Gasteiger charge is 2.12.